The fraction of sp³-hybridized carbons (Fsp3) is 0.737. The summed E-state index contributed by atoms with van der Waals surface area (Å²) in [5.74, 6) is 0.455. The molecule has 0 spiro atoms. The van der Waals surface area contributed by atoms with E-state index in [-0.39, 0.29) is 22.3 Å². The number of imidazole rings is 1. The van der Waals surface area contributed by atoms with Crippen molar-refractivity contribution in [3.8, 4) is 0 Å². The molecule has 1 aromatic rings. The van der Waals surface area contributed by atoms with Gasteiger partial charge in [-0.15, -0.1) is 0 Å². The molecule has 4 rings (SSSR count). The molecule has 0 N–H and O–H groups in total. The molecule has 6 nitrogen and oxygen atoms in total. The standard InChI is InChI=1S/C19H28N4O2/c1-12(2)22-8-14(20-11-22)16(24)23-9-18(5)15(19(18,6)10-23)13-7-17(3,4)25-21-13/h8,11-12,15H,7,9-10H2,1-6H3/t15?,18-,19+. The monoisotopic (exact) mass is 344 g/mol. The van der Waals surface area contributed by atoms with Gasteiger partial charge in [-0.1, -0.05) is 19.0 Å². The third-order valence-electron chi connectivity index (χ3n) is 6.59. The largest absolute Gasteiger partial charge is 0.389 e. The molecule has 1 unspecified atom stereocenters. The molecule has 1 saturated heterocycles. The van der Waals surface area contributed by atoms with E-state index in [0.717, 1.165) is 19.5 Å². The van der Waals surface area contributed by atoms with E-state index >= 15 is 0 Å². The molecular formula is C19H28N4O2. The van der Waals surface area contributed by atoms with Gasteiger partial charge in [0.1, 0.15) is 11.3 Å². The summed E-state index contributed by atoms with van der Waals surface area (Å²) in [5, 5.41) is 4.37. The van der Waals surface area contributed by atoms with Crippen LogP contribution in [-0.2, 0) is 4.84 Å². The summed E-state index contributed by atoms with van der Waals surface area (Å²) in [5.41, 5.74) is 1.70. The third kappa shape index (κ3) is 2.26. The van der Waals surface area contributed by atoms with Crippen LogP contribution in [0, 0.1) is 16.7 Å². The first-order valence-electron chi connectivity index (χ1n) is 9.15. The summed E-state index contributed by atoms with van der Waals surface area (Å²) in [4.78, 5) is 24.7. The highest BCUT2D eigenvalue weighted by molar-refractivity contribution is 5.96. The van der Waals surface area contributed by atoms with Crippen LogP contribution >= 0.6 is 0 Å². The maximum atomic E-state index is 12.9. The Morgan fingerprint density at radius 2 is 1.88 bits per heavy atom. The van der Waals surface area contributed by atoms with Gasteiger partial charge in [0.25, 0.3) is 5.91 Å². The summed E-state index contributed by atoms with van der Waals surface area (Å²) in [6.07, 6.45) is 4.49. The van der Waals surface area contributed by atoms with Crippen LogP contribution in [0.25, 0.3) is 0 Å². The summed E-state index contributed by atoms with van der Waals surface area (Å²) in [7, 11) is 0. The lowest BCUT2D eigenvalue weighted by atomic mass is 9.95. The van der Waals surface area contributed by atoms with E-state index < -0.39 is 0 Å². The highest BCUT2D eigenvalue weighted by Crippen LogP contribution is 2.73. The van der Waals surface area contributed by atoms with Crippen LogP contribution in [-0.4, -0.2) is 44.8 Å². The zero-order valence-electron chi connectivity index (χ0n) is 16.0. The van der Waals surface area contributed by atoms with Gasteiger partial charge in [-0.3, -0.25) is 4.79 Å². The maximum Gasteiger partial charge on any atom is 0.274 e. The normalized spacial score (nSPS) is 35.6. The molecule has 1 aliphatic carbocycles. The zero-order valence-corrected chi connectivity index (χ0v) is 16.0. The number of aromatic nitrogens is 2. The number of carbonyl (C=O) groups excluding carboxylic acids is 1. The van der Waals surface area contributed by atoms with Gasteiger partial charge in [-0.2, -0.15) is 0 Å². The van der Waals surface area contributed by atoms with Crippen LogP contribution in [0.4, 0.5) is 0 Å². The van der Waals surface area contributed by atoms with Crippen LogP contribution in [0.2, 0.25) is 0 Å². The molecular weight excluding hydrogens is 316 g/mol. The van der Waals surface area contributed by atoms with E-state index in [0.29, 0.717) is 17.7 Å². The molecule has 6 heteroatoms. The number of amides is 1. The van der Waals surface area contributed by atoms with Crippen molar-refractivity contribution in [3.05, 3.63) is 18.2 Å². The summed E-state index contributed by atoms with van der Waals surface area (Å²) >= 11 is 0. The van der Waals surface area contributed by atoms with Crippen LogP contribution < -0.4 is 0 Å². The van der Waals surface area contributed by atoms with E-state index in [1.165, 1.54) is 5.71 Å². The lowest BCUT2D eigenvalue weighted by Crippen LogP contribution is -2.35. The SMILES string of the molecule is CC(C)n1cnc(C(=O)N2C[C@@]3(C)C(C4=NOC(C)(C)C4)[C@@]3(C)C2)c1. The number of oxime groups is 1. The lowest BCUT2D eigenvalue weighted by Gasteiger charge is -2.22. The highest BCUT2D eigenvalue weighted by Gasteiger charge is 2.77. The Balaban J connectivity index is 1.49. The Bertz CT molecular complexity index is 747. The van der Waals surface area contributed by atoms with E-state index in [4.69, 9.17) is 4.84 Å². The minimum Gasteiger partial charge on any atom is -0.389 e. The Kier molecular flexibility index (Phi) is 3.23. The predicted molar refractivity (Wildman–Crippen MR) is 95.4 cm³/mol. The Hall–Kier alpha value is -1.85. The predicted octanol–water partition coefficient (Wildman–Crippen LogP) is 3.12. The van der Waals surface area contributed by atoms with Gasteiger partial charge < -0.3 is 14.3 Å². The molecule has 0 aromatic carbocycles. The number of hydrogen-bond acceptors (Lipinski definition) is 4. The second kappa shape index (κ2) is 4.86. The molecule has 0 radical (unpaired) electrons. The van der Waals surface area contributed by atoms with Crippen molar-refractivity contribution in [3.63, 3.8) is 0 Å². The molecule has 3 heterocycles. The Morgan fingerprint density at radius 3 is 2.36 bits per heavy atom. The minimum absolute atomic E-state index is 0.0396. The van der Waals surface area contributed by atoms with Crippen LogP contribution in [0.5, 0.6) is 0 Å². The lowest BCUT2D eigenvalue weighted by molar-refractivity contribution is 0.0123. The summed E-state index contributed by atoms with van der Waals surface area (Å²) < 4.78 is 1.98. The molecule has 136 valence electrons. The number of piperidine rings is 1. The van der Waals surface area contributed by atoms with Gasteiger partial charge in [0, 0.05) is 48.5 Å². The Labute approximate surface area is 149 Å². The van der Waals surface area contributed by atoms with Crippen molar-refractivity contribution in [2.24, 2.45) is 21.9 Å². The minimum atomic E-state index is -0.196. The van der Waals surface area contributed by atoms with Gasteiger partial charge in [0.15, 0.2) is 0 Å². The van der Waals surface area contributed by atoms with Gasteiger partial charge in [0.05, 0.1) is 12.0 Å². The van der Waals surface area contributed by atoms with Gasteiger partial charge in [0.2, 0.25) is 0 Å². The molecule has 3 atom stereocenters. The number of fused-ring (bicyclic) bond motifs is 1. The molecule has 1 amide bonds. The van der Waals surface area contributed by atoms with E-state index in [2.05, 4.69) is 51.7 Å². The number of carbonyl (C=O) groups is 1. The van der Waals surface area contributed by atoms with Crippen LogP contribution in [0.1, 0.15) is 64.5 Å². The molecule has 1 saturated carbocycles. The van der Waals surface area contributed by atoms with Crippen molar-refractivity contribution in [2.45, 2.75) is 59.6 Å². The number of nitrogens with zero attached hydrogens (tertiary/aromatic N) is 4. The summed E-state index contributed by atoms with van der Waals surface area (Å²) in [6.45, 7) is 14.4. The molecule has 1 aromatic heterocycles. The smallest absolute Gasteiger partial charge is 0.274 e. The first-order chi connectivity index (χ1) is 11.6. The second-order valence-corrected chi connectivity index (χ2v) is 9.34. The van der Waals surface area contributed by atoms with Crippen molar-refractivity contribution in [1.82, 2.24) is 14.5 Å². The van der Waals surface area contributed by atoms with E-state index in [1.807, 2.05) is 15.7 Å². The number of rotatable bonds is 3. The van der Waals surface area contributed by atoms with Crippen LogP contribution in [0.3, 0.4) is 0 Å². The van der Waals surface area contributed by atoms with Crippen LogP contribution in [0.15, 0.2) is 17.7 Å². The molecule has 2 aliphatic heterocycles. The van der Waals surface area contributed by atoms with Gasteiger partial charge >= 0.3 is 0 Å². The van der Waals surface area contributed by atoms with Crippen molar-refractivity contribution >= 4 is 11.6 Å². The number of likely N-dealkylation sites (tertiary alicyclic amines) is 1. The molecule has 25 heavy (non-hydrogen) atoms. The van der Waals surface area contributed by atoms with Gasteiger partial charge in [-0.05, 0) is 27.7 Å². The first-order valence-corrected chi connectivity index (χ1v) is 9.15. The molecule has 2 fully saturated rings. The van der Waals surface area contributed by atoms with E-state index in [1.54, 1.807) is 6.33 Å². The van der Waals surface area contributed by atoms with Gasteiger partial charge in [-0.25, -0.2) is 4.98 Å². The Morgan fingerprint density at radius 1 is 1.24 bits per heavy atom. The van der Waals surface area contributed by atoms with Crippen molar-refractivity contribution in [1.29, 1.82) is 0 Å². The topological polar surface area (TPSA) is 59.7 Å². The average Bonchev–Trinajstić information content (AvgIpc) is 3.01. The molecule has 3 aliphatic rings. The average molecular weight is 344 g/mol. The fourth-order valence-corrected chi connectivity index (χ4v) is 4.96. The first kappa shape index (κ1) is 16.6. The van der Waals surface area contributed by atoms with Crippen molar-refractivity contribution < 1.29 is 9.63 Å². The third-order valence-corrected chi connectivity index (χ3v) is 6.59. The quantitative estimate of drug-likeness (QED) is 0.846. The number of hydrogen-bond donors (Lipinski definition) is 0. The second-order valence-electron chi connectivity index (χ2n) is 9.34. The summed E-state index contributed by atoms with van der Waals surface area (Å²) in [6, 6.07) is 0.309. The fourth-order valence-electron chi connectivity index (χ4n) is 4.96. The highest BCUT2D eigenvalue weighted by atomic mass is 16.7. The zero-order chi connectivity index (χ0) is 18.2. The van der Waals surface area contributed by atoms with E-state index in [9.17, 15) is 4.79 Å². The molecule has 0 bridgehead atoms. The van der Waals surface area contributed by atoms with Crippen molar-refractivity contribution in [2.75, 3.05) is 13.1 Å². The maximum absolute atomic E-state index is 12.9.